The molecule has 1 N–H and O–H groups in total. The number of carbonyl (C=O) groups excluding carboxylic acids is 1. The molecule has 1 fully saturated rings. The van der Waals surface area contributed by atoms with Crippen LogP contribution in [0.3, 0.4) is 0 Å². The zero-order valence-corrected chi connectivity index (χ0v) is 14.7. The number of rotatable bonds is 4. The van der Waals surface area contributed by atoms with Gasteiger partial charge in [-0.15, -0.1) is 0 Å². The summed E-state index contributed by atoms with van der Waals surface area (Å²) in [6.45, 7) is 2.67. The van der Waals surface area contributed by atoms with E-state index >= 15 is 0 Å². The van der Waals surface area contributed by atoms with Crippen molar-refractivity contribution in [2.24, 2.45) is 0 Å². The van der Waals surface area contributed by atoms with Gasteiger partial charge >= 0.3 is 0 Å². The number of ether oxygens (including phenoxy) is 1. The second-order valence-corrected chi connectivity index (χ2v) is 7.08. The molecule has 0 radical (unpaired) electrons. The first kappa shape index (κ1) is 16.2. The van der Waals surface area contributed by atoms with Crippen LogP contribution in [0.25, 0.3) is 0 Å². The maximum absolute atomic E-state index is 12.9. The standard InChI is InChI=1S/C19H19ClN2O3/c1-11-2-3-13(18(23)21-11)10-22-9-8-12-4-7-15(25-14-5-6-14)17(20)16(12)19(22)24/h2-4,7,14H,5-6,8-10H2,1H3,(H,21,23). The van der Waals surface area contributed by atoms with Crippen LogP contribution in [0.5, 0.6) is 5.75 Å². The van der Waals surface area contributed by atoms with Gasteiger partial charge in [-0.3, -0.25) is 9.59 Å². The number of aryl methyl sites for hydroxylation is 1. The Morgan fingerprint density at radius 3 is 2.76 bits per heavy atom. The number of aromatic amines is 1. The molecule has 2 heterocycles. The van der Waals surface area contributed by atoms with E-state index in [-0.39, 0.29) is 24.1 Å². The van der Waals surface area contributed by atoms with E-state index in [9.17, 15) is 9.59 Å². The fourth-order valence-electron chi connectivity index (χ4n) is 3.09. The van der Waals surface area contributed by atoms with Crippen LogP contribution in [0.2, 0.25) is 5.02 Å². The van der Waals surface area contributed by atoms with Gasteiger partial charge in [0.15, 0.2) is 0 Å². The number of hydrogen-bond donors (Lipinski definition) is 1. The average molecular weight is 359 g/mol. The van der Waals surface area contributed by atoms with Gasteiger partial charge < -0.3 is 14.6 Å². The highest BCUT2D eigenvalue weighted by molar-refractivity contribution is 6.35. The third-order valence-electron chi connectivity index (χ3n) is 4.66. The summed E-state index contributed by atoms with van der Waals surface area (Å²) >= 11 is 6.47. The van der Waals surface area contributed by atoms with E-state index in [2.05, 4.69) is 4.98 Å². The first-order valence-corrected chi connectivity index (χ1v) is 8.87. The van der Waals surface area contributed by atoms with Crippen LogP contribution in [-0.2, 0) is 13.0 Å². The van der Waals surface area contributed by atoms with Gasteiger partial charge in [0, 0.05) is 17.8 Å². The summed E-state index contributed by atoms with van der Waals surface area (Å²) in [4.78, 5) is 29.5. The molecule has 25 heavy (non-hydrogen) atoms. The van der Waals surface area contributed by atoms with Crippen molar-refractivity contribution in [2.75, 3.05) is 6.54 Å². The lowest BCUT2D eigenvalue weighted by Crippen LogP contribution is -2.38. The number of H-pyrrole nitrogens is 1. The lowest BCUT2D eigenvalue weighted by molar-refractivity contribution is 0.0726. The van der Waals surface area contributed by atoms with Crippen molar-refractivity contribution >= 4 is 17.5 Å². The van der Waals surface area contributed by atoms with Gasteiger partial charge in [0.05, 0.1) is 23.2 Å². The average Bonchev–Trinajstić information content (AvgIpc) is 3.39. The molecule has 1 saturated carbocycles. The van der Waals surface area contributed by atoms with Crippen molar-refractivity contribution < 1.29 is 9.53 Å². The summed E-state index contributed by atoms with van der Waals surface area (Å²) in [5.74, 6) is 0.429. The zero-order chi connectivity index (χ0) is 17.6. The van der Waals surface area contributed by atoms with E-state index in [1.807, 2.05) is 25.1 Å². The number of benzene rings is 1. The summed E-state index contributed by atoms with van der Waals surface area (Å²) in [7, 11) is 0. The number of halogens is 1. The van der Waals surface area contributed by atoms with Crippen molar-refractivity contribution in [1.29, 1.82) is 0 Å². The Bertz CT molecular complexity index is 902. The third-order valence-corrected chi connectivity index (χ3v) is 5.04. The highest BCUT2D eigenvalue weighted by Gasteiger charge is 2.31. The Hall–Kier alpha value is -2.27. The van der Waals surface area contributed by atoms with E-state index in [1.165, 1.54) is 0 Å². The third kappa shape index (κ3) is 3.16. The van der Waals surface area contributed by atoms with Gasteiger partial charge in [-0.25, -0.2) is 0 Å². The fraction of sp³-hybridized carbons (Fsp3) is 0.368. The first-order valence-electron chi connectivity index (χ1n) is 8.49. The Kier molecular flexibility index (Phi) is 4.04. The SMILES string of the molecule is Cc1ccc(CN2CCc3ccc(OC4CC4)c(Cl)c3C2=O)c(=O)[nH]1. The van der Waals surface area contributed by atoms with Crippen LogP contribution < -0.4 is 10.3 Å². The smallest absolute Gasteiger partial charge is 0.256 e. The molecule has 1 aliphatic carbocycles. The summed E-state index contributed by atoms with van der Waals surface area (Å²) in [5, 5.41) is 0.386. The lowest BCUT2D eigenvalue weighted by atomic mass is 9.98. The molecule has 1 amide bonds. The topological polar surface area (TPSA) is 62.4 Å². The molecular weight excluding hydrogens is 340 g/mol. The van der Waals surface area contributed by atoms with Gasteiger partial charge in [-0.2, -0.15) is 0 Å². The molecule has 2 aromatic rings. The highest BCUT2D eigenvalue weighted by atomic mass is 35.5. The van der Waals surface area contributed by atoms with E-state index in [4.69, 9.17) is 16.3 Å². The van der Waals surface area contributed by atoms with Crippen LogP contribution in [-0.4, -0.2) is 28.4 Å². The van der Waals surface area contributed by atoms with Crippen LogP contribution in [0, 0.1) is 6.92 Å². The van der Waals surface area contributed by atoms with E-state index in [0.29, 0.717) is 34.9 Å². The van der Waals surface area contributed by atoms with Crippen LogP contribution >= 0.6 is 11.6 Å². The number of hydrogen-bond acceptors (Lipinski definition) is 3. The van der Waals surface area contributed by atoms with Crippen molar-refractivity contribution in [2.45, 2.75) is 38.8 Å². The quantitative estimate of drug-likeness (QED) is 0.913. The lowest BCUT2D eigenvalue weighted by Gasteiger charge is -2.29. The molecule has 0 atom stereocenters. The molecule has 6 heteroatoms. The van der Waals surface area contributed by atoms with Crippen LogP contribution in [0.15, 0.2) is 29.1 Å². The zero-order valence-electron chi connectivity index (χ0n) is 14.0. The number of carbonyl (C=O) groups is 1. The molecule has 0 unspecified atom stereocenters. The molecular formula is C19H19ClN2O3. The normalized spacial score (nSPS) is 16.7. The van der Waals surface area contributed by atoms with Crippen molar-refractivity contribution in [3.63, 3.8) is 0 Å². The molecule has 130 valence electrons. The number of nitrogens with zero attached hydrogens (tertiary/aromatic N) is 1. The fourth-order valence-corrected chi connectivity index (χ4v) is 3.40. The summed E-state index contributed by atoms with van der Waals surface area (Å²) in [6, 6.07) is 7.39. The Morgan fingerprint density at radius 2 is 2.04 bits per heavy atom. The molecule has 4 rings (SSSR count). The second-order valence-electron chi connectivity index (χ2n) is 6.70. The molecule has 1 aliphatic heterocycles. The Balaban J connectivity index is 1.62. The van der Waals surface area contributed by atoms with E-state index in [1.54, 1.807) is 11.0 Å². The monoisotopic (exact) mass is 358 g/mol. The summed E-state index contributed by atoms with van der Waals surface area (Å²) < 4.78 is 5.80. The van der Waals surface area contributed by atoms with Crippen molar-refractivity contribution in [3.05, 3.63) is 62.0 Å². The molecule has 0 bridgehead atoms. The number of pyridine rings is 1. The van der Waals surface area contributed by atoms with Crippen LogP contribution in [0.4, 0.5) is 0 Å². The Labute approximate surface area is 150 Å². The number of nitrogens with one attached hydrogen (secondary N) is 1. The molecule has 0 spiro atoms. The van der Waals surface area contributed by atoms with E-state index < -0.39 is 0 Å². The molecule has 1 aromatic heterocycles. The van der Waals surface area contributed by atoms with E-state index in [0.717, 1.165) is 24.1 Å². The minimum atomic E-state index is -0.157. The molecule has 2 aliphatic rings. The van der Waals surface area contributed by atoms with Crippen molar-refractivity contribution in [3.8, 4) is 5.75 Å². The minimum Gasteiger partial charge on any atom is -0.489 e. The summed E-state index contributed by atoms with van der Waals surface area (Å²) in [5.41, 5.74) is 2.66. The maximum atomic E-state index is 12.9. The van der Waals surface area contributed by atoms with Crippen LogP contribution in [0.1, 0.15) is 40.0 Å². The number of fused-ring (bicyclic) bond motifs is 1. The van der Waals surface area contributed by atoms with Crippen molar-refractivity contribution in [1.82, 2.24) is 9.88 Å². The minimum absolute atomic E-state index is 0.146. The molecule has 0 saturated heterocycles. The summed E-state index contributed by atoms with van der Waals surface area (Å²) in [6.07, 6.45) is 3.00. The van der Waals surface area contributed by atoms with Gasteiger partial charge in [-0.05, 0) is 43.9 Å². The Morgan fingerprint density at radius 1 is 1.24 bits per heavy atom. The van der Waals surface area contributed by atoms with Gasteiger partial charge in [0.2, 0.25) is 0 Å². The predicted molar refractivity (Wildman–Crippen MR) is 95.3 cm³/mol. The first-order chi connectivity index (χ1) is 12.0. The van der Waals surface area contributed by atoms with Gasteiger partial charge in [0.1, 0.15) is 5.75 Å². The second kappa shape index (κ2) is 6.23. The van der Waals surface area contributed by atoms with Gasteiger partial charge in [-0.1, -0.05) is 23.7 Å². The maximum Gasteiger partial charge on any atom is 0.256 e. The largest absolute Gasteiger partial charge is 0.489 e. The number of amides is 1. The number of aromatic nitrogens is 1. The molecule has 5 nitrogen and oxygen atoms in total. The van der Waals surface area contributed by atoms with Gasteiger partial charge in [0.25, 0.3) is 11.5 Å². The predicted octanol–water partition coefficient (Wildman–Crippen LogP) is 3.08. The molecule has 1 aromatic carbocycles. The highest BCUT2D eigenvalue weighted by Crippen LogP contribution is 2.37.